The lowest BCUT2D eigenvalue weighted by Gasteiger charge is -2.31. The molecule has 0 aliphatic carbocycles. The van der Waals surface area contributed by atoms with Crippen LogP contribution in [0.5, 0.6) is 0 Å². The number of nitrogens with zero attached hydrogens (tertiary/aromatic N) is 1. The van der Waals surface area contributed by atoms with Crippen LogP contribution < -0.4 is 5.32 Å². The molecule has 1 aliphatic heterocycles. The van der Waals surface area contributed by atoms with Crippen LogP contribution in [0.2, 0.25) is 0 Å². The molecule has 1 N–H and O–H groups in total. The van der Waals surface area contributed by atoms with Crippen molar-refractivity contribution in [3.8, 4) is 0 Å². The minimum absolute atomic E-state index is 0.0300. The van der Waals surface area contributed by atoms with Gasteiger partial charge in [0.05, 0.1) is 6.10 Å². The molecule has 5 heteroatoms. The van der Waals surface area contributed by atoms with Crippen molar-refractivity contribution in [2.45, 2.75) is 53.1 Å². The second-order valence-corrected chi connectivity index (χ2v) is 6.49. The van der Waals surface area contributed by atoms with E-state index in [1.54, 1.807) is 4.90 Å². The summed E-state index contributed by atoms with van der Waals surface area (Å²) in [6.07, 6.45) is 2.58. The molecule has 21 heavy (non-hydrogen) atoms. The molecular weight excluding hydrogens is 268 g/mol. The van der Waals surface area contributed by atoms with Gasteiger partial charge in [0, 0.05) is 25.6 Å². The van der Waals surface area contributed by atoms with Crippen molar-refractivity contribution in [2.75, 3.05) is 26.2 Å². The minimum Gasteiger partial charge on any atom is -0.369 e. The average Bonchev–Trinajstić information content (AvgIpc) is 2.44. The summed E-state index contributed by atoms with van der Waals surface area (Å²) in [6.45, 7) is 10.3. The van der Waals surface area contributed by atoms with E-state index < -0.39 is 0 Å². The topological polar surface area (TPSA) is 58.6 Å². The van der Waals surface area contributed by atoms with Crippen molar-refractivity contribution < 1.29 is 14.3 Å². The highest BCUT2D eigenvalue weighted by Crippen LogP contribution is 2.17. The van der Waals surface area contributed by atoms with Gasteiger partial charge in [0.25, 0.3) is 0 Å². The second kappa shape index (κ2) is 9.03. The van der Waals surface area contributed by atoms with E-state index in [4.69, 9.17) is 4.74 Å². The Morgan fingerprint density at radius 1 is 1.19 bits per heavy atom. The third-order valence-corrected chi connectivity index (χ3v) is 3.78. The van der Waals surface area contributed by atoms with Gasteiger partial charge in [0.2, 0.25) is 11.8 Å². The van der Waals surface area contributed by atoms with E-state index in [0.29, 0.717) is 19.0 Å². The summed E-state index contributed by atoms with van der Waals surface area (Å²) in [4.78, 5) is 25.8. The monoisotopic (exact) mass is 298 g/mol. The predicted molar refractivity (Wildman–Crippen MR) is 82.9 cm³/mol. The molecule has 1 saturated heterocycles. The zero-order valence-electron chi connectivity index (χ0n) is 13.9. The molecule has 1 aliphatic rings. The minimum atomic E-state index is 0.0300. The number of carbonyl (C=O) groups excluding carboxylic acids is 2. The highest BCUT2D eigenvalue weighted by molar-refractivity contribution is 5.80. The molecule has 122 valence electrons. The highest BCUT2D eigenvalue weighted by atomic mass is 16.5. The van der Waals surface area contributed by atoms with E-state index in [1.807, 2.05) is 13.8 Å². The molecule has 1 rings (SSSR count). The van der Waals surface area contributed by atoms with E-state index in [-0.39, 0.29) is 30.4 Å². The Labute approximate surface area is 128 Å². The molecule has 0 unspecified atom stereocenters. The molecule has 0 atom stereocenters. The fourth-order valence-electron chi connectivity index (χ4n) is 2.35. The number of hydrogen-bond acceptors (Lipinski definition) is 3. The standard InChI is InChI=1S/C16H30N2O3/c1-12(2)5-8-17-16(20)14-6-9-18(10-7-14)15(19)11-21-13(3)4/h12-14H,5-11H2,1-4H3,(H,17,20). The average molecular weight is 298 g/mol. The van der Waals surface area contributed by atoms with E-state index in [0.717, 1.165) is 25.8 Å². The first kappa shape index (κ1) is 18.0. The van der Waals surface area contributed by atoms with Gasteiger partial charge in [-0.3, -0.25) is 9.59 Å². The van der Waals surface area contributed by atoms with Crippen molar-refractivity contribution in [3.63, 3.8) is 0 Å². The van der Waals surface area contributed by atoms with Crippen LogP contribution in [0.1, 0.15) is 47.0 Å². The molecule has 0 aromatic rings. The normalized spacial score (nSPS) is 16.6. The Balaban J connectivity index is 2.25. The van der Waals surface area contributed by atoms with Crippen LogP contribution in [0, 0.1) is 11.8 Å². The largest absolute Gasteiger partial charge is 0.369 e. The molecule has 1 heterocycles. The first-order valence-electron chi connectivity index (χ1n) is 8.07. The predicted octanol–water partition coefficient (Wildman–Crippen LogP) is 1.81. The van der Waals surface area contributed by atoms with E-state index in [2.05, 4.69) is 19.2 Å². The first-order valence-corrected chi connectivity index (χ1v) is 8.07. The van der Waals surface area contributed by atoms with Crippen molar-refractivity contribution in [2.24, 2.45) is 11.8 Å². The third kappa shape index (κ3) is 6.93. The lowest BCUT2D eigenvalue weighted by Crippen LogP contribution is -2.44. The van der Waals surface area contributed by atoms with Crippen molar-refractivity contribution >= 4 is 11.8 Å². The van der Waals surface area contributed by atoms with Crippen LogP contribution >= 0.6 is 0 Å². The van der Waals surface area contributed by atoms with Gasteiger partial charge in [-0.25, -0.2) is 0 Å². The number of amides is 2. The Morgan fingerprint density at radius 2 is 1.81 bits per heavy atom. The summed E-state index contributed by atoms with van der Waals surface area (Å²) in [6, 6.07) is 0. The number of nitrogens with one attached hydrogen (secondary N) is 1. The van der Waals surface area contributed by atoms with E-state index >= 15 is 0 Å². The number of rotatable bonds is 7. The maximum Gasteiger partial charge on any atom is 0.248 e. The van der Waals surface area contributed by atoms with Gasteiger partial charge >= 0.3 is 0 Å². The van der Waals surface area contributed by atoms with Crippen molar-refractivity contribution in [3.05, 3.63) is 0 Å². The van der Waals surface area contributed by atoms with Gasteiger partial charge in [0.1, 0.15) is 6.61 Å². The zero-order valence-corrected chi connectivity index (χ0v) is 13.9. The fraction of sp³-hybridized carbons (Fsp3) is 0.875. The lowest BCUT2D eigenvalue weighted by molar-refractivity contribution is -0.140. The first-order chi connectivity index (χ1) is 9.90. The quantitative estimate of drug-likeness (QED) is 0.780. The maximum absolute atomic E-state index is 12.0. The Kier molecular flexibility index (Phi) is 7.72. The fourth-order valence-corrected chi connectivity index (χ4v) is 2.35. The Morgan fingerprint density at radius 3 is 2.33 bits per heavy atom. The lowest BCUT2D eigenvalue weighted by atomic mass is 9.95. The number of hydrogen-bond donors (Lipinski definition) is 1. The molecular formula is C16H30N2O3. The second-order valence-electron chi connectivity index (χ2n) is 6.49. The van der Waals surface area contributed by atoms with Crippen LogP contribution in [-0.2, 0) is 14.3 Å². The van der Waals surface area contributed by atoms with E-state index in [9.17, 15) is 9.59 Å². The van der Waals surface area contributed by atoms with Crippen LogP contribution in [0.25, 0.3) is 0 Å². The van der Waals surface area contributed by atoms with Crippen LogP contribution in [0.15, 0.2) is 0 Å². The maximum atomic E-state index is 12.0. The Bertz CT molecular complexity index is 334. The highest BCUT2D eigenvalue weighted by Gasteiger charge is 2.27. The number of carbonyl (C=O) groups is 2. The SMILES string of the molecule is CC(C)CCNC(=O)C1CCN(C(=O)COC(C)C)CC1. The number of likely N-dealkylation sites (tertiary alicyclic amines) is 1. The van der Waals surface area contributed by atoms with Crippen LogP contribution in [0.3, 0.4) is 0 Å². The van der Waals surface area contributed by atoms with Gasteiger partial charge in [-0.1, -0.05) is 13.8 Å². The molecule has 0 aromatic carbocycles. The van der Waals surface area contributed by atoms with Gasteiger partial charge in [-0.2, -0.15) is 0 Å². The number of piperidine rings is 1. The summed E-state index contributed by atoms with van der Waals surface area (Å²) in [7, 11) is 0. The van der Waals surface area contributed by atoms with E-state index in [1.165, 1.54) is 0 Å². The summed E-state index contributed by atoms with van der Waals surface area (Å²) in [5.41, 5.74) is 0. The van der Waals surface area contributed by atoms with Crippen LogP contribution in [-0.4, -0.2) is 49.1 Å². The zero-order chi connectivity index (χ0) is 15.8. The molecule has 0 bridgehead atoms. The Hall–Kier alpha value is -1.10. The summed E-state index contributed by atoms with van der Waals surface area (Å²) < 4.78 is 5.34. The van der Waals surface area contributed by atoms with Crippen molar-refractivity contribution in [1.82, 2.24) is 10.2 Å². The van der Waals surface area contributed by atoms with Gasteiger partial charge in [0.15, 0.2) is 0 Å². The van der Waals surface area contributed by atoms with Crippen molar-refractivity contribution in [1.29, 1.82) is 0 Å². The molecule has 2 amide bonds. The summed E-state index contributed by atoms with van der Waals surface area (Å²) in [5, 5.41) is 3.00. The molecule has 1 fully saturated rings. The summed E-state index contributed by atoms with van der Waals surface area (Å²) >= 11 is 0. The molecule has 0 spiro atoms. The van der Waals surface area contributed by atoms with Gasteiger partial charge in [-0.05, 0) is 39.0 Å². The number of ether oxygens (including phenoxy) is 1. The summed E-state index contributed by atoms with van der Waals surface area (Å²) in [5.74, 6) is 0.821. The molecule has 0 saturated carbocycles. The molecule has 0 aromatic heterocycles. The van der Waals surface area contributed by atoms with Gasteiger partial charge in [-0.15, -0.1) is 0 Å². The van der Waals surface area contributed by atoms with Crippen LogP contribution in [0.4, 0.5) is 0 Å². The molecule has 5 nitrogen and oxygen atoms in total. The smallest absolute Gasteiger partial charge is 0.248 e. The van der Waals surface area contributed by atoms with Gasteiger partial charge < -0.3 is 15.0 Å². The molecule has 0 radical (unpaired) electrons. The third-order valence-electron chi connectivity index (χ3n) is 3.78.